The zero-order valence-corrected chi connectivity index (χ0v) is 16.2. The van der Waals surface area contributed by atoms with Crippen molar-refractivity contribution in [3.05, 3.63) is 33.9 Å². The van der Waals surface area contributed by atoms with Gasteiger partial charge in [-0.2, -0.15) is 11.8 Å². The third-order valence-electron chi connectivity index (χ3n) is 5.43. The number of alkyl halides is 1. The van der Waals surface area contributed by atoms with Gasteiger partial charge in [0.1, 0.15) is 12.5 Å². The smallest absolute Gasteiger partial charge is 0.259 e. The quantitative estimate of drug-likeness (QED) is 0.774. The van der Waals surface area contributed by atoms with Gasteiger partial charge in [-0.25, -0.2) is 9.37 Å². The molecule has 2 N–H and O–H groups in total. The number of ether oxygens (including phenoxy) is 1. The monoisotopic (exact) mass is 391 g/mol. The number of hydrogen-bond donors (Lipinski definition) is 2. The second kappa shape index (κ2) is 8.61. The lowest BCUT2D eigenvalue weighted by atomic mass is 10.1. The van der Waals surface area contributed by atoms with Crippen LogP contribution in [-0.4, -0.2) is 34.5 Å². The van der Waals surface area contributed by atoms with Crippen molar-refractivity contribution in [2.24, 2.45) is 0 Å². The molecule has 7 heteroatoms. The molecule has 5 nitrogen and oxygen atoms in total. The van der Waals surface area contributed by atoms with Crippen LogP contribution < -0.4 is 10.9 Å². The topological polar surface area (TPSA) is 67.0 Å². The second-order valence-corrected chi connectivity index (χ2v) is 8.71. The van der Waals surface area contributed by atoms with E-state index in [9.17, 15) is 9.18 Å². The van der Waals surface area contributed by atoms with Crippen LogP contribution in [0.25, 0.3) is 10.9 Å². The Labute approximate surface area is 162 Å². The number of H-pyrrole nitrogens is 1. The number of hydrogen-bond acceptors (Lipinski definition) is 5. The van der Waals surface area contributed by atoms with Crippen LogP contribution in [0.1, 0.15) is 49.9 Å². The first-order valence-corrected chi connectivity index (χ1v) is 10.9. The molecule has 1 aromatic carbocycles. The van der Waals surface area contributed by atoms with Gasteiger partial charge in [-0.3, -0.25) is 4.79 Å². The highest BCUT2D eigenvalue weighted by atomic mass is 32.2. The molecule has 2 aliphatic rings. The van der Waals surface area contributed by atoms with Crippen molar-refractivity contribution in [2.75, 3.05) is 18.5 Å². The molecule has 1 saturated heterocycles. The highest BCUT2D eigenvalue weighted by molar-refractivity contribution is 7.99. The molecule has 2 fully saturated rings. The van der Waals surface area contributed by atoms with Crippen LogP contribution in [0.2, 0.25) is 0 Å². The van der Waals surface area contributed by atoms with E-state index in [2.05, 4.69) is 15.3 Å². The Morgan fingerprint density at radius 3 is 2.74 bits per heavy atom. The van der Waals surface area contributed by atoms with Crippen molar-refractivity contribution in [1.29, 1.82) is 0 Å². The summed E-state index contributed by atoms with van der Waals surface area (Å²) in [6.45, 7) is 0.933. The van der Waals surface area contributed by atoms with Crippen LogP contribution in [0.4, 0.5) is 10.1 Å². The zero-order valence-electron chi connectivity index (χ0n) is 15.4. The van der Waals surface area contributed by atoms with E-state index in [1.165, 1.54) is 12.8 Å². The highest BCUT2D eigenvalue weighted by Crippen LogP contribution is 2.28. The van der Waals surface area contributed by atoms with Crippen molar-refractivity contribution in [1.82, 2.24) is 9.97 Å². The number of thioether (sulfide) groups is 1. The van der Waals surface area contributed by atoms with E-state index < -0.39 is 6.67 Å². The van der Waals surface area contributed by atoms with Crippen molar-refractivity contribution in [3.8, 4) is 0 Å². The number of benzene rings is 1. The molecule has 0 unspecified atom stereocenters. The molecule has 1 aromatic heterocycles. The number of aromatic amines is 1. The Morgan fingerprint density at radius 2 is 2.00 bits per heavy atom. The van der Waals surface area contributed by atoms with E-state index in [-0.39, 0.29) is 5.56 Å². The van der Waals surface area contributed by atoms with Crippen LogP contribution in [0.5, 0.6) is 0 Å². The number of rotatable bonds is 6. The van der Waals surface area contributed by atoms with E-state index >= 15 is 0 Å². The van der Waals surface area contributed by atoms with Gasteiger partial charge in [0, 0.05) is 30.2 Å². The van der Waals surface area contributed by atoms with Gasteiger partial charge in [0.15, 0.2) is 0 Å². The van der Waals surface area contributed by atoms with Crippen LogP contribution in [-0.2, 0) is 17.2 Å². The third-order valence-corrected chi connectivity index (χ3v) is 6.82. The van der Waals surface area contributed by atoms with Crippen LogP contribution >= 0.6 is 11.8 Å². The number of fused-ring (bicyclic) bond motifs is 1. The molecule has 146 valence electrons. The summed E-state index contributed by atoms with van der Waals surface area (Å²) >= 11 is 1.81. The third kappa shape index (κ3) is 4.46. The number of nitrogens with one attached hydrogen (secondary N) is 2. The first kappa shape index (κ1) is 18.7. The fourth-order valence-electron chi connectivity index (χ4n) is 4.01. The Morgan fingerprint density at radius 1 is 1.22 bits per heavy atom. The standard InChI is InChI=1S/C20H26FN3O2S/c21-11-13-9-15(22-14-3-1-2-4-14)10-17-19(13)20(25)24-18(23-17)12-27-16-5-7-26-8-6-16/h9-10,14,16,22H,1-8,11-12H2,(H,23,24,25). The molecule has 1 saturated carbocycles. The van der Waals surface area contributed by atoms with E-state index in [1.807, 2.05) is 6.07 Å². The lowest BCUT2D eigenvalue weighted by Crippen LogP contribution is -2.19. The molecular formula is C20H26FN3O2S. The minimum absolute atomic E-state index is 0.248. The molecule has 4 rings (SSSR count). The number of halogens is 1. The van der Waals surface area contributed by atoms with Gasteiger partial charge in [-0.15, -0.1) is 0 Å². The Bertz CT molecular complexity index is 845. The maximum atomic E-state index is 13.6. The summed E-state index contributed by atoms with van der Waals surface area (Å²) < 4.78 is 19.0. The number of anilines is 1. The molecule has 0 bridgehead atoms. The average molecular weight is 392 g/mol. The molecule has 0 amide bonds. The van der Waals surface area contributed by atoms with Gasteiger partial charge in [0.25, 0.3) is 5.56 Å². The highest BCUT2D eigenvalue weighted by Gasteiger charge is 2.18. The Kier molecular flexibility index (Phi) is 5.98. The SMILES string of the molecule is O=c1[nH]c(CSC2CCOCC2)nc2cc(NC3CCCC3)cc(CF)c12. The van der Waals surface area contributed by atoms with Crippen molar-refractivity contribution in [2.45, 2.75) is 62.2 Å². The van der Waals surface area contributed by atoms with Gasteiger partial charge in [0.05, 0.1) is 16.7 Å². The molecule has 2 heterocycles. The maximum Gasteiger partial charge on any atom is 0.259 e. The average Bonchev–Trinajstić information content (AvgIpc) is 3.19. The first-order valence-electron chi connectivity index (χ1n) is 9.80. The van der Waals surface area contributed by atoms with Gasteiger partial charge in [-0.1, -0.05) is 12.8 Å². The predicted molar refractivity (Wildman–Crippen MR) is 108 cm³/mol. The first-order chi connectivity index (χ1) is 13.2. The van der Waals surface area contributed by atoms with Crippen molar-refractivity contribution >= 4 is 28.4 Å². The summed E-state index contributed by atoms with van der Waals surface area (Å²) in [7, 11) is 0. The van der Waals surface area contributed by atoms with Gasteiger partial charge < -0.3 is 15.0 Å². The summed E-state index contributed by atoms with van der Waals surface area (Å²) in [6.07, 6.45) is 6.80. The molecule has 0 atom stereocenters. The molecular weight excluding hydrogens is 365 g/mol. The maximum absolute atomic E-state index is 13.6. The molecule has 27 heavy (non-hydrogen) atoms. The summed E-state index contributed by atoms with van der Waals surface area (Å²) in [5, 5.41) is 4.40. The van der Waals surface area contributed by atoms with Crippen molar-refractivity contribution < 1.29 is 9.13 Å². The molecule has 0 spiro atoms. The minimum Gasteiger partial charge on any atom is -0.382 e. The summed E-state index contributed by atoms with van der Waals surface area (Å²) in [5.74, 6) is 1.31. The van der Waals surface area contributed by atoms with Gasteiger partial charge >= 0.3 is 0 Å². The van der Waals surface area contributed by atoms with E-state index in [4.69, 9.17) is 4.74 Å². The second-order valence-electron chi connectivity index (χ2n) is 7.42. The summed E-state index contributed by atoms with van der Waals surface area (Å²) in [4.78, 5) is 20.1. The predicted octanol–water partition coefficient (Wildman–Crippen LogP) is 4.16. The van der Waals surface area contributed by atoms with Crippen LogP contribution in [0.3, 0.4) is 0 Å². The van der Waals surface area contributed by atoms with Crippen LogP contribution in [0.15, 0.2) is 16.9 Å². The van der Waals surface area contributed by atoms with Crippen molar-refractivity contribution in [3.63, 3.8) is 0 Å². The zero-order chi connectivity index (χ0) is 18.6. The Hall–Kier alpha value is -1.60. The lowest BCUT2D eigenvalue weighted by Gasteiger charge is -2.21. The number of aromatic nitrogens is 2. The van der Waals surface area contributed by atoms with E-state index in [0.717, 1.165) is 44.6 Å². The molecule has 0 radical (unpaired) electrons. The Balaban J connectivity index is 1.59. The molecule has 2 aromatic rings. The van der Waals surface area contributed by atoms with Gasteiger partial charge in [-0.05, 0) is 43.4 Å². The van der Waals surface area contributed by atoms with Crippen LogP contribution in [0, 0.1) is 0 Å². The van der Waals surface area contributed by atoms with E-state index in [1.54, 1.807) is 17.8 Å². The summed E-state index contributed by atoms with van der Waals surface area (Å²) in [5.41, 5.74) is 1.60. The fourth-order valence-corrected chi connectivity index (χ4v) is 5.06. The minimum atomic E-state index is -0.669. The number of nitrogens with zero attached hydrogens (tertiary/aromatic N) is 1. The fraction of sp³-hybridized carbons (Fsp3) is 0.600. The normalized spacial score (nSPS) is 19.0. The molecule has 1 aliphatic carbocycles. The summed E-state index contributed by atoms with van der Waals surface area (Å²) in [6, 6.07) is 4.08. The largest absolute Gasteiger partial charge is 0.382 e. The van der Waals surface area contributed by atoms with Gasteiger partial charge in [0.2, 0.25) is 0 Å². The van der Waals surface area contributed by atoms with E-state index in [0.29, 0.717) is 39.3 Å². The lowest BCUT2D eigenvalue weighted by molar-refractivity contribution is 0.1000. The molecule has 1 aliphatic heterocycles.